The Hall–Kier alpha value is -2.75. The third kappa shape index (κ3) is 4.88. The molecule has 2 aromatic rings. The standard InChI is InChI=1S/C22H26O4/c1-15(2)12-16-6-8-17(9-7-16)20(23)11-10-19-21(25-4)13-18(24-3)14-22(19)26-5/h6-11,13-15H,12H2,1-5H3/b11-10+. The summed E-state index contributed by atoms with van der Waals surface area (Å²) >= 11 is 0. The van der Waals surface area contributed by atoms with Crippen LogP contribution in [-0.4, -0.2) is 27.1 Å². The van der Waals surface area contributed by atoms with Gasteiger partial charge in [0.05, 0.1) is 26.9 Å². The highest BCUT2D eigenvalue weighted by atomic mass is 16.5. The SMILES string of the molecule is COc1cc(OC)c(/C=C/C(=O)c2ccc(CC(C)C)cc2)c(OC)c1. The molecule has 138 valence electrons. The number of allylic oxidation sites excluding steroid dienone is 1. The second-order valence-corrected chi connectivity index (χ2v) is 6.44. The van der Waals surface area contributed by atoms with Gasteiger partial charge in [-0.1, -0.05) is 38.1 Å². The maximum Gasteiger partial charge on any atom is 0.185 e. The highest BCUT2D eigenvalue weighted by Crippen LogP contribution is 2.35. The molecule has 26 heavy (non-hydrogen) atoms. The largest absolute Gasteiger partial charge is 0.496 e. The van der Waals surface area contributed by atoms with E-state index in [1.807, 2.05) is 24.3 Å². The molecule has 0 heterocycles. The second kappa shape index (κ2) is 9.09. The summed E-state index contributed by atoms with van der Waals surface area (Å²) in [6.45, 7) is 4.36. The molecule has 0 aliphatic rings. The fourth-order valence-corrected chi connectivity index (χ4v) is 2.73. The van der Waals surface area contributed by atoms with E-state index in [2.05, 4.69) is 13.8 Å². The smallest absolute Gasteiger partial charge is 0.185 e. The summed E-state index contributed by atoms with van der Waals surface area (Å²) < 4.78 is 16.0. The molecule has 0 saturated heterocycles. The number of rotatable bonds is 8. The van der Waals surface area contributed by atoms with Gasteiger partial charge < -0.3 is 14.2 Å². The summed E-state index contributed by atoms with van der Waals surface area (Å²) in [5, 5.41) is 0. The monoisotopic (exact) mass is 354 g/mol. The maximum atomic E-state index is 12.5. The van der Waals surface area contributed by atoms with Crippen LogP contribution in [0.25, 0.3) is 6.08 Å². The van der Waals surface area contributed by atoms with Crippen molar-refractivity contribution in [3.8, 4) is 17.2 Å². The molecule has 0 N–H and O–H groups in total. The molecule has 0 bridgehead atoms. The predicted octanol–water partition coefficient (Wildman–Crippen LogP) is 4.81. The highest BCUT2D eigenvalue weighted by molar-refractivity contribution is 6.07. The van der Waals surface area contributed by atoms with E-state index in [-0.39, 0.29) is 5.78 Å². The molecule has 0 aliphatic heterocycles. The van der Waals surface area contributed by atoms with Crippen LogP contribution in [0.1, 0.15) is 35.3 Å². The lowest BCUT2D eigenvalue weighted by molar-refractivity contribution is 0.104. The van der Waals surface area contributed by atoms with E-state index >= 15 is 0 Å². The molecule has 0 radical (unpaired) electrons. The molecule has 0 saturated carbocycles. The lowest BCUT2D eigenvalue weighted by Gasteiger charge is -2.12. The summed E-state index contributed by atoms with van der Waals surface area (Å²) in [4.78, 5) is 12.5. The van der Waals surface area contributed by atoms with Gasteiger partial charge in [-0.05, 0) is 30.1 Å². The van der Waals surface area contributed by atoms with Gasteiger partial charge in [-0.15, -0.1) is 0 Å². The minimum absolute atomic E-state index is 0.0685. The fraction of sp³-hybridized carbons (Fsp3) is 0.318. The van der Waals surface area contributed by atoms with Crippen LogP contribution in [0.15, 0.2) is 42.5 Å². The Morgan fingerprint density at radius 1 is 0.962 bits per heavy atom. The Bertz CT molecular complexity index is 748. The number of ether oxygens (including phenoxy) is 3. The van der Waals surface area contributed by atoms with Gasteiger partial charge >= 0.3 is 0 Å². The first-order chi connectivity index (χ1) is 12.5. The van der Waals surface area contributed by atoms with Crippen molar-refractivity contribution >= 4 is 11.9 Å². The van der Waals surface area contributed by atoms with Crippen LogP contribution in [0.5, 0.6) is 17.2 Å². The van der Waals surface area contributed by atoms with Crippen molar-refractivity contribution in [3.63, 3.8) is 0 Å². The lowest BCUT2D eigenvalue weighted by Crippen LogP contribution is -1.98. The summed E-state index contributed by atoms with van der Waals surface area (Å²) in [5.74, 6) is 2.31. The molecular weight excluding hydrogens is 328 g/mol. The zero-order valence-electron chi connectivity index (χ0n) is 16.0. The first-order valence-corrected chi connectivity index (χ1v) is 8.59. The minimum atomic E-state index is -0.0685. The van der Waals surface area contributed by atoms with Gasteiger partial charge in [-0.25, -0.2) is 0 Å². The average Bonchev–Trinajstić information content (AvgIpc) is 2.65. The average molecular weight is 354 g/mol. The topological polar surface area (TPSA) is 44.8 Å². The Labute approximate surface area is 155 Å². The number of ketones is 1. The molecule has 2 aromatic carbocycles. The second-order valence-electron chi connectivity index (χ2n) is 6.44. The van der Waals surface area contributed by atoms with Gasteiger partial charge in [0.2, 0.25) is 0 Å². The lowest BCUT2D eigenvalue weighted by atomic mass is 10.0. The number of methoxy groups -OCH3 is 3. The van der Waals surface area contributed by atoms with E-state index in [9.17, 15) is 4.79 Å². The Balaban J connectivity index is 2.24. The van der Waals surface area contributed by atoms with E-state index in [1.54, 1.807) is 39.5 Å². The van der Waals surface area contributed by atoms with Crippen LogP contribution < -0.4 is 14.2 Å². The number of carbonyl (C=O) groups excluding carboxylic acids is 1. The number of hydrogen-bond donors (Lipinski definition) is 0. The normalized spacial score (nSPS) is 11.0. The fourth-order valence-electron chi connectivity index (χ4n) is 2.73. The summed E-state index contributed by atoms with van der Waals surface area (Å²) in [7, 11) is 4.72. The zero-order valence-corrected chi connectivity index (χ0v) is 16.0. The van der Waals surface area contributed by atoms with Gasteiger partial charge in [-0.2, -0.15) is 0 Å². The first kappa shape index (κ1) is 19.6. The van der Waals surface area contributed by atoms with Gasteiger partial charge in [0, 0.05) is 17.7 Å². The van der Waals surface area contributed by atoms with E-state index in [4.69, 9.17) is 14.2 Å². The summed E-state index contributed by atoms with van der Waals surface area (Å²) in [5.41, 5.74) is 2.58. The Morgan fingerprint density at radius 3 is 2.00 bits per heavy atom. The first-order valence-electron chi connectivity index (χ1n) is 8.59. The number of carbonyl (C=O) groups is 1. The van der Waals surface area contributed by atoms with Crippen molar-refractivity contribution in [2.45, 2.75) is 20.3 Å². The molecule has 0 unspecified atom stereocenters. The van der Waals surface area contributed by atoms with Crippen molar-refractivity contribution in [2.75, 3.05) is 21.3 Å². The Kier molecular flexibility index (Phi) is 6.84. The van der Waals surface area contributed by atoms with Crippen LogP contribution >= 0.6 is 0 Å². The minimum Gasteiger partial charge on any atom is -0.496 e. The molecular formula is C22H26O4. The molecule has 0 spiro atoms. The molecule has 2 rings (SSSR count). The molecule has 0 fully saturated rings. The van der Waals surface area contributed by atoms with E-state index in [0.717, 1.165) is 6.42 Å². The molecule has 4 heteroatoms. The quantitative estimate of drug-likeness (QED) is 0.504. The molecule has 0 amide bonds. The summed E-state index contributed by atoms with van der Waals surface area (Å²) in [6.07, 6.45) is 4.25. The van der Waals surface area contributed by atoms with Crippen molar-refractivity contribution in [1.82, 2.24) is 0 Å². The van der Waals surface area contributed by atoms with Crippen molar-refractivity contribution < 1.29 is 19.0 Å². The Morgan fingerprint density at radius 2 is 1.54 bits per heavy atom. The number of hydrogen-bond acceptors (Lipinski definition) is 4. The van der Waals surface area contributed by atoms with E-state index in [1.165, 1.54) is 11.6 Å². The predicted molar refractivity (Wildman–Crippen MR) is 104 cm³/mol. The molecule has 0 atom stereocenters. The third-order valence-electron chi connectivity index (χ3n) is 4.04. The van der Waals surface area contributed by atoms with E-state index in [0.29, 0.717) is 34.3 Å². The molecule has 0 aromatic heterocycles. The van der Waals surface area contributed by atoms with Gasteiger partial charge in [0.15, 0.2) is 5.78 Å². The third-order valence-corrected chi connectivity index (χ3v) is 4.04. The van der Waals surface area contributed by atoms with E-state index < -0.39 is 0 Å². The van der Waals surface area contributed by atoms with Crippen molar-refractivity contribution in [1.29, 1.82) is 0 Å². The van der Waals surface area contributed by atoms with Crippen molar-refractivity contribution in [2.24, 2.45) is 5.92 Å². The summed E-state index contributed by atoms with van der Waals surface area (Å²) in [6, 6.07) is 11.3. The van der Waals surface area contributed by atoms with Crippen LogP contribution in [0.2, 0.25) is 0 Å². The van der Waals surface area contributed by atoms with Crippen LogP contribution in [0.3, 0.4) is 0 Å². The van der Waals surface area contributed by atoms with Crippen LogP contribution in [0, 0.1) is 5.92 Å². The zero-order chi connectivity index (χ0) is 19.1. The molecule has 0 aliphatic carbocycles. The van der Waals surface area contributed by atoms with Gasteiger partial charge in [-0.3, -0.25) is 4.79 Å². The number of benzene rings is 2. The van der Waals surface area contributed by atoms with Crippen LogP contribution in [-0.2, 0) is 6.42 Å². The van der Waals surface area contributed by atoms with Gasteiger partial charge in [0.1, 0.15) is 17.2 Å². The van der Waals surface area contributed by atoms with Gasteiger partial charge in [0.25, 0.3) is 0 Å². The van der Waals surface area contributed by atoms with Crippen molar-refractivity contribution in [3.05, 3.63) is 59.2 Å². The maximum absolute atomic E-state index is 12.5. The molecule has 4 nitrogen and oxygen atoms in total. The highest BCUT2D eigenvalue weighted by Gasteiger charge is 2.11. The van der Waals surface area contributed by atoms with Crippen LogP contribution in [0.4, 0.5) is 0 Å².